The summed E-state index contributed by atoms with van der Waals surface area (Å²) in [4.78, 5) is 4.21. The summed E-state index contributed by atoms with van der Waals surface area (Å²) in [5.41, 5.74) is 17.2. The highest BCUT2D eigenvalue weighted by Crippen LogP contribution is 2.54. The molecule has 2 aliphatic rings. The maximum absolute atomic E-state index is 10.9. The first-order valence-electron chi connectivity index (χ1n) is 21.6. The first-order valence-corrected chi connectivity index (χ1v) is 21.6. The van der Waals surface area contributed by atoms with Gasteiger partial charge in [0.1, 0.15) is 0 Å². The van der Waals surface area contributed by atoms with Crippen molar-refractivity contribution in [3.8, 4) is 72.8 Å². The fraction of sp³-hybridized carbons (Fsp3) is 0.133. The SMILES string of the molecule is [C-]#[N+]c1cc(C(C)(C)C)ccc1-c1cc2c3cc4c(cc3c(-c3ccc(C(C)(C)C)cc3C#N)cc2c2cc3c(cc12)-c1cccc2cccc-3c12)-c1cccc2cccc-4c12. The van der Waals surface area contributed by atoms with Crippen LogP contribution in [0.3, 0.4) is 0 Å². The van der Waals surface area contributed by atoms with Crippen LogP contribution in [-0.4, -0.2) is 0 Å². The second kappa shape index (κ2) is 12.5. The zero-order valence-electron chi connectivity index (χ0n) is 35.8. The van der Waals surface area contributed by atoms with E-state index in [0.29, 0.717) is 11.3 Å². The summed E-state index contributed by atoms with van der Waals surface area (Å²) < 4.78 is 0. The van der Waals surface area contributed by atoms with E-state index in [2.05, 4.69) is 198 Å². The Bertz CT molecular complexity index is 3520. The Hall–Kier alpha value is -7.52. The molecule has 0 heterocycles. The molecule has 292 valence electrons. The topological polar surface area (TPSA) is 28.1 Å². The number of nitrogens with zero attached hydrogens (tertiary/aromatic N) is 2. The van der Waals surface area contributed by atoms with Gasteiger partial charge in [-0.05, 0) is 174 Å². The molecule has 2 heteroatoms. The summed E-state index contributed by atoms with van der Waals surface area (Å²) in [6, 6.07) is 56.4. The van der Waals surface area contributed by atoms with Gasteiger partial charge in [-0.15, -0.1) is 0 Å². The smallest absolute Gasteiger partial charge is 0.195 e. The van der Waals surface area contributed by atoms with Gasteiger partial charge in [-0.3, -0.25) is 0 Å². The Kier molecular flexibility index (Phi) is 7.34. The molecule has 0 aliphatic heterocycles. The Labute approximate surface area is 362 Å². The van der Waals surface area contributed by atoms with E-state index < -0.39 is 0 Å². The summed E-state index contributed by atoms with van der Waals surface area (Å²) in [6.07, 6.45) is 0. The van der Waals surface area contributed by atoms with E-state index in [-0.39, 0.29) is 10.8 Å². The van der Waals surface area contributed by atoms with Crippen LogP contribution in [0.25, 0.3) is 125 Å². The van der Waals surface area contributed by atoms with Crippen LogP contribution < -0.4 is 0 Å². The van der Waals surface area contributed by atoms with E-state index in [1.165, 1.54) is 66.1 Å². The highest BCUT2D eigenvalue weighted by molar-refractivity contribution is 6.29. The molecule has 0 N–H and O–H groups in total. The number of hydrogen-bond donors (Lipinski definition) is 0. The number of fused-ring (bicyclic) bond motifs is 11. The first kappa shape index (κ1) is 36.3. The van der Waals surface area contributed by atoms with Gasteiger partial charge in [0.05, 0.1) is 18.2 Å². The van der Waals surface area contributed by atoms with Crippen molar-refractivity contribution in [1.29, 1.82) is 5.26 Å². The molecule has 0 fully saturated rings. The Morgan fingerprint density at radius 2 is 0.758 bits per heavy atom. The van der Waals surface area contributed by atoms with Crippen molar-refractivity contribution in [1.82, 2.24) is 0 Å². The minimum atomic E-state index is -0.108. The van der Waals surface area contributed by atoms with Gasteiger partial charge in [0.15, 0.2) is 5.69 Å². The largest absolute Gasteiger partial charge is 0.238 e. The molecule has 0 aromatic heterocycles. The maximum Gasteiger partial charge on any atom is 0.195 e. The molecule has 0 atom stereocenters. The minimum absolute atomic E-state index is 0.102. The summed E-state index contributed by atoms with van der Waals surface area (Å²) in [7, 11) is 0. The van der Waals surface area contributed by atoms with Crippen molar-refractivity contribution in [3.63, 3.8) is 0 Å². The van der Waals surface area contributed by atoms with Crippen molar-refractivity contribution < 1.29 is 0 Å². The van der Waals surface area contributed by atoms with E-state index in [1.807, 2.05) is 0 Å². The third-order valence-corrected chi connectivity index (χ3v) is 13.9. The van der Waals surface area contributed by atoms with Crippen molar-refractivity contribution in [2.45, 2.75) is 52.4 Å². The van der Waals surface area contributed by atoms with Crippen molar-refractivity contribution in [2.24, 2.45) is 0 Å². The van der Waals surface area contributed by atoms with Crippen LogP contribution in [0.4, 0.5) is 5.69 Å². The molecule has 10 aromatic carbocycles. The quantitative estimate of drug-likeness (QED) is 0.127. The molecular formula is C60H42N2. The third kappa shape index (κ3) is 5.02. The summed E-state index contributed by atoms with van der Waals surface area (Å²) in [6.45, 7) is 21.8. The van der Waals surface area contributed by atoms with Crippen LogP contribution in [0.15, 0.2) is 146 Å². The average molecular weight is 791 g/mol. The molecule has 62 heavy (non-hydrogen) atoms. The highest BCUT2D eigenvalue weighted by atomic mass is 14.6. The van der Waals surface area contributed by atoms with Crippen LogP contribution in [-0.2, 0) is 10.8 Å². The lowest BCUT2D eigenvalue weighted by molar-refractivity contribution is 0.590. The van der Waals surface area contributed by atoms with Crippen LogP contribution in [0, 0.1) is 17.9 Å². The normalized spacial score (nSPS) is 12.6. The lowest BCUT2D eigenvalue weighted by Crippen LogP contribution is -2.11. The summed E-state index contributed by atoms with van der Waals surface area (Å²) in [5.74, 6) is 0. The molecule has 2 aliphatic carbocycles. The fourth-order valence-corrected chi connectivity index (χ4v) is 10.7. The molecule has 0 saturated heterocycles. The van der Waals surface area contributed by atoms with E-state index in [1.54, 1.807) is 0 Å². The zero-order chi connectivity index (χ0) is 42.4. The highest BCUT2D eigenvalue weighted by Gasteiger charge is 2.28. The number of rotatable bonds is 2. The lowest BCUT2D eigenvalue weighted by Gasteiger charge is -2.22. The molecule has 0 radical (unpaired) electrons. The predicted octanol–water partition coefficient (Wildman–Crippen LogP) is 17.1. The van der Waals surface area contributed by atoms with E-state index in [4.69, 9.17) is 6.57 Å². The summed E-state index contributed by atoms with van der Waals surface area (Å²) in [5, 5.41) is 22.7. The predicted molar refractivity (Wildman–Crippen MR) is 262 cm³/mol. The van der Waals surface area contributed by atoms with Crippen LogP contribution >= 0.6 is 0 Å². The summed E-state index contributed by atoms with van der Waals surface area (Å²) >= 11 is 0. The number of hydrogen-bond acceptors (Lipinski definition) is 1. The molecule has 0 unspecified atom stereocenters. The molecule has 0 saturated carbocycles. The first-order chi connectivity index (χ1) is 29.9. The van der Waals surface area contributed by atoms with Crippen LogP contribution in [0.5, 0.6) is 0 Å². The molecule has 10 aromatic rings. The number of benzene rings is 10. The lowest BCUT2D eigenvalue weighted by atomic mass is 9.81. The molecule has 0 bridgehead atoms. The minimum Gasteiger partial charge on any atom is -0.238 e. The van der Waals surface area contributed by atoms with Gasteiger partial charge < -0.3 is 0 Å². The molecule has 0 amide bonds. The Balaban J connectivity index is 1.27. The van der Waals surface area contributed by atoms with Gasteiger partial charge in [-0.1, -0.05) is 150 Å². The average Bonchev–Trinajstić information content (AvgIpc) is 3.76. The number of nitriles is 1. The zero-order valence-corrected chi connectivity index (χ0v) is 35.8. The fourth-order valence-electron chi connectivity index (χ4n) is 10.7. The van der Waals surface area contributed by atoms with Gasteiger partial charge >= 0.3 is 0 Å². The van der Waals surface area contributed by atoms with Crippen molar-refractivity contribution in [3.05, 3.63) is 174 Å². The standard InChI is InChI=1S/C60H42N2/c1-59(2,3)36-20-22-38(35(24-36)32-61)44-26-52-53(54-30-48-42-18-10-14-33-12-8-16-40(57(33)42)46(48)28-50(44)54)27-45(39-23-21-37(60(4,5)6)25-56(39)62-7)51-29-47-41-17-9-13-34-15-11-19-43(58(34)41)49(47)31-55(51)52/h8-31H,1-6H3. The molecule has 0 spiro atoms. The second-order valence-electron chi connectivity index (χ2n) is 19.5. The molecule has 2 nitrogen and oxygen atoms in total. The Morgan fingerprint density at radius 3 is 1.18 bits per heavy atom. The van der Waals surface area contributed by atoms with Crippen molar-refractivity contribution >= 4 is 59.5 Å². The van der Waals surface area contributed by atoms with E-state index in [9.17, 15) is 5.26 Å². The van der Waals surface area contributed by atoms with Gasteiger partial charge in [0.2, 0.25) is 0 Å². The van der Waals surface area contributed by atoms with E-state index in [0.717, 1.165) is 65.7 Å². The second-order valence-corrected chi connectivity index (χ2v) is 19.5. The molecular weight excluding hydrogens is 749 g/mol. The van der Waals surface area contributed by atoms with E-state index >= 15 is 0 Å². The Morgan fingerprint density at radius 1 is 0.387 bits per heavy atom. The molecule has 12 rings (SSSR count). The van der Waals surface area contributed by atoms with Crippen LogP contribution in [0.1, 0.15) is 58.2 Å². The van der Waals surface area contributed by atoms with Crippen molar-refractivity contribution in [2.75, 3.05) is 0 Å². The van der Waals surface area contributed by atoms with Gasteiger partial charge in [-0.25, -0.2) is 4.85 Å². The van der Waals surface area contributed by atoms with Gasteiger partial charge in [0, 0.05) is 5.56 Å². The van der Waals surface area contributed by atoms with Gasteiger partial charge in [-0.2, -0.15) is 5.26 Å². The monoisotopic (exact) mass is 790 g/mol. The van der Waals surface area contributed by atoms with Crippen LogP contribution in [0.2, 0.25) is 0 Å². The maximum atomic E-state index is 10.9. The third-order valence-electron chi connectivity index (χ3n) is 13.9. The van der Waals surface area contributed by atoms with Gasteiger partial charge in [0.25, 0.3) is 0 Å².